The Morgan fingerprint density at radius 2 is 1.87 bits per heavy atom. The average molecular weight is 444 g/mol. The van der Waals surface area contributed by atoms with Crippen LogP contribution in [0, 0.1) is 6.92 Å². The molecule has 0 aliphatic heterocycles. The summed E-state index contributed by atoms with van der Waals surface area (Å²) in [6.45, 7) is 3.76. The lowest BCUT2D eigenvalue weighted by Gasteiger charge is -2.20. The number of carbonyl (C=O) groups excluding carboxylic acids is 1. The molecule has 2 aromatic heterocycles. The zero-order valence-corrected chi connectivity index (χ0v) is 17.6. The summed E-state index contributed by atoms with van der Waals surface area (Å²) in [6, 6.07) is 13.5. The van der Waals surface area contributed by atoms with Gasteiger partial charge in [0, 0.05) is 0 Å². The van der Waals surface area contributed by atoms with E-state index in [9.17, 15) is 18.0 Å². The Balaban J connectivity index is 1.73. The van der Waals surface area contributed by atoms with E-state index in [2.05, 4.69) is 20.3 Å². The van der Waals surface area contributed by atoms with Crippen LogP contribution in [-0.4, -0.2) is 20.9 Å². The molecule has 0 saturated heterocycles. The van der Waals surface area contributed by atoms with Gasteiger partial charge in [0.1, 0.15) is 4.88 Å². The number of thiazole rings is 1. The van der Waals surface area contributed by atoms with E-state index in [-0.39, 0.29) is 16.9 Å². The van der Waals surface area contributed by atoms with Gasteiger partial charge in [-0.25, -0.2) is 9.97 Å². The maximum Gasteiger partial charge on any atom is 0.449 e. The van der Waals surface area contributed by atoms with Crippen molar-refractivity contribution in [3.8, 4) is 0 Å². The predicted octanol–water partition coefficient (Wildman–Crippen LogP) is 5.43. The molecule has 160 valence electrons. The minimum Gasteiger partial charge on any atom is -0.340 e. The lowest BCUT2D eigenvalue weighted by Crippen LogP contribution is -2.29. The fraction of sp³-hybridized carbons (Fsp3) is 0.227. The Labute approximate surface area is 180 Å². The van der Waals surface area contributed by atoms with Gasteiger partial charge in [0.15, 0.2) is 0 Å². The molecule has 1 amide bonds. The summed E-state index contributed by atoms with van der Waals surface area (Å²) in [5, 5.41) is 3.89. The number of fused-ring (bicyclic) bond motifs is 1. The molecule has 2 N–H and O–H groups in total. The number of nitrogens with zero attached hydrogens (tertiary/aromatic N) is 2. The standard InChI is InChI=1S/C22H19F3N4OS/c1-3-17-26-12(2)19(31-17)20(30)29-18(13-7-5-4-6-8-13)14-9-10-15-16(11-14)28-21(27-15)22(23,24)25/h4-11,18H,3H2,1-2H3,(H,27,28)(H,29,30). The van der Waals surface area contributed by atoms with E-state index < -0.39 is 18.0 Å². The minimum atomic E-state index is -4.56. The van der Waals surface area contributed by atoms with Crippen LogP contribution in [0.25, 0.3) is 11.0 Å². The molecular formula is C22H19F3N4OS. The number of imidazole rings is 1. The van der Waals surface area contributed by atoms with Gasteiger partial charge in [-0.05, 0) is 36.6 Å². The summed E-state index contributed by atoms with van der Waals surface area (Å²) in [5.74, 6) is -1.32. The molecular weight excluding hydrogens is 425 g/mol. The minimum absolute atomic E-state index is 0.208. The fourth-order valence-electron chi connectivity index (χ4n) is 3.36. The molecule has 4 aromatic rings. The van der Waals surface area contributed by atoms with Crippen LogP contribution in [0.15, 0.2) is 48.5 Å². The van der Waals surface area contributed by atoms with Gasteiger partial charge in [0.2, 0.25) is 5.82 Å². The van der Waals surface area contributed by atoms with E-state index in [1.807, 2.05) is 37.3 Å². The fourth-order valence-corrected chi connectivity index (χ4v) is 4.26. The number of halogens is 3. The monoisotopic (exact) mass is 444 g/mol. The summed E-state index contributed by atoms with van der Waals surface area (Å²) in [6.07, 6.45) is -3.83. The van der Waals surface area contributed by atoms with E-state index >= 15 is 0 Å². The normalized spacial score (nSPS) is 12.8. The van der Waals surface area contributed by atoms with Crippen molar-refractivity contribution in [2.24, 2.45) is 0 Å². The summed E-state index contributed by atoms with van der Waals surface area (Å²) < 4.78 is 39.1. The highest BCUT2D eigenvalue weighted by Gasteiger charge is 2.34. The molecule has 1 atom stereocenters. The first-order chi connectivity index (χ1) is 14.8. The molecule has 0 radical (unpaired) electrons. The predicted molar refractivity (Wildman–Crippen MR) is 113 cm³/mol. The zero-order chi connectivity index (χ0) is 22.2. The number of aromatic amines is 1. The van der Waals surface area contributed by atoms with E-state index in [4.69, 9.17) is 0 Å². The first-order valence-corrected chi connectivity index (χ1v) is 10.5. The van der Waals surface area contributed by atoms with Crippen LogP contribution in [0.2, 0.25) is 0 Å². The molecule has 2 heterocycles. The number of H-pyrrole nitrogens is 1. The summed E-state index contributed by atoms with van der Waals surface area (Å²) >= 11 is 1.34. The molecule has 0 bridgehead atoms. The van der Waals surface area contributed by atoms with Gasteiger partial charge in [0.25, 0.3) is 5.91 Å². The molecule has 0 aliphatic carbocycles. The second kappa shape index (κ2) is 8.14. The molecule has 31 heavy (non-hydrogen) atoms. The summed E-state index contributed by atoms with van der Waals surface area (Å²) in [4.78, 5) is 23.9. The largest absolute Gasteiger partial charge is 0.449 e. The highest BCUT2D eigenvalue weighted by Crippen LogP contribution is 2.31. The molecule has 2 aromatic carbocycles. The van der Waals surface area contributed by atoms with E-state index in [1.54, 1.807) is 19.1 Å². The first-order valence-electron chi connectivity index (χ1n) is 9.65. The van der Waals surface area contributed by atoms with Crippen LogP contribution < -0.4 is 5.32 Å². The Hall–Kier alpha value is -3.20. The third-order valence-electron chi connectivity index (χ3n) is 4.87. The number of aryl methyl sites for hydroxylation is 2. The second-order valence-corrected chi connectivity index (χ2v) is 8.14. The molecule has 0 spiro atoms. The van der Waals surface area contributed by atoms with Crippen molar-refractivity contribution < 1.29 is 18.0 Å². The average Bonchev–Trinajstić information content (AvgIpc) is 3.35. The van der Waals surface area contributed by atoms with Crippen molar-refractivity contribution in [2.75, 3.05) is 0 Å². The van der Waals surface area contributed by atoms with Crippen LogP contribution in [0.3, 0.4) is 0 Å². The number of hydrogen-bond donors (Lipinski definition) is 2. The second-order valence-electron chi connectivity index (χ2n) is 7.05. The Morgan fingerprint density at radius 3 is 2.52 bits per heavy atom. The summed E-state index contributed by atoms with van der Waals surface area (Å²) in [7, 11) is 0. The van der Waals surface area contributed by atoms with Crippen molar-refractivity contribution in [3.63, 3.8) is 0 Å². The van der Waals surface area contributed by atoms with Gasteiger partial charge in [0.05, 0.1) is 27.8 Å². The Morgan fingerprint density at radius 1 is 1.13 bits per heavy atom. The topological polar surface area (TPSA) is 70.7 Å². The molecule has 5 nitrogen and oxygen atoms in total. The lowest BCUT2D eigenvalue weighted by atomic mass is 9.98. The maximum atomic E-state index is 13.0. The van der Waals surface area contributed by atoms with Gasteiger partial charge in [-0.1, -0.05) is 43.3 Å². The van der Waals surface area contributed by atoms with Gasteiger partial charge in [-0.3, -0.25) is 4.79 Å². The number of aromatic nitrogens is 3. The van der Waals surface area contributed by atoms with Crippen LogP contribution >= 0.6 is 11.3 Å². The number of nitrogens with one attached hydrogen (secondary N) is 2. The van der Waals surface area contributed by atoms with Crippen molar-refractivity contribution in [1.82, 2.24) is 20.3 Å². The maximum absolute atomic E-state index is 13.0. The molecule has 0 saturated carbocycles. The number of hydrogen-bond acceptors (Lipinski definition) is 4. The summed E-state index contributed by atoms with van der Waals surface area (Å²) in [5.41, 5.74) is 2.57. The SMILES string of the molecule is CCc1nc(C)c(C(=O)NC(c2ccccc2)c2ccc3nc(C(F)(F)F)[nH]c3c2)s1. The molecule has 9 heteroatoms. The number of amides is 1. The smallest absolute Gasteiger partial charge is 0.340 e. The van der Waals surface area contributed by atoms with Gasteiger partial charge >= 0.3 is 6.18 Å². The number of rotatable bonds is 5. The number of benzene rings is 2. The Kier molecular flexibility index (Phi) is 5.53. The van der Waals surface area contributed by atoms with Crippen molar-refractivity contribution in [1.29, 1.82) is 0 Å². The lowest BCUT2D eigenvalue weighted by molar-refractivity contribution is -0.144. The van der Waals surface area contributed by atoms with E-state index in [0.29, 0.717) is 16.1 Å². The first kappa shape index (κ1) is 21.0. The van der Waals surface area contributed by atoms with Gasteiger partial charge in [-0.15, -0.1) is 11.3 Å². The van der Waals surface area contributed by atoms with Gasteiger partial charge in [-0.2, -0.15) is 13.2 Å². The van der Waals surface area contributed by atoms with Crippen LogP contribution in [0.4, 0.5) is 13.2 Å². The number of alkyl halides is 3. The third kappa shape index (κ3) is 4.32. The quantitative estimate of drug-likeness (QED) is 0.431. The van der Waals surface area contributed by atoms with Crippen LogP contribution in [-0.2, 0) is 12.6 Å². The zero-order valence-electron chi connectivity index (χ0n) is 16.7. The van der Waals surface area contributed by atoms with E-state index in [0.717, 1.165) is 17.0 Å². The van der Waals surface area contributed by atoms with Gasteiger partial charge < -0.3 is 10.3 Å². The highest BCUT2D eigenvalue weighted by molar-refractivity contribution is 7.13. The Bertz CT molecular complexity index is 1230. The molecule has 4 rings (SSSR count). The van der Waals surface area contributed by atoms with Crippen molar-refractivity contribution in [3.05, 3.63) is 81.1 Å². The molecule has 0 fully saturated rings. The van der Waals surface area contributed by atoms with Crippen molar-refractivity contribution >= 4 is 28.3 Å². The van der Waals surface area contributed by atoms with Crippen LogP contribution in [0.5, 0.6) is 0 Å². The van der Waals surface area contributed by atoms with Crippen molar-refractivity contribution in [2.45, 2.75) is 32.5 Å². The van der Waals surface area contributed by atoms with E-state index in [1.165, 1.54) is 17.4 Å². The molecule has 0 aliphatic rings. The van der Waals surface area contributed by atoms with Crippen LogP contribution in [0.1, 0.15) is 50.3 Å². The third-order valence-corrected chi connectivity index (χ3v) is 6.17. The highest BCUT2D eigenvalue weighted by atomic mass is 32.1. The molecule has 1 unspecified atom stereocenters. The number of carbonyl (C=O) groups is 1.